The van der Waals surface area contributed by atoms with Gasteiger partial charge in [0.05, 0.1) is 23.2 Å². The first kappa shape index (κ1) is 26.4. The first-order chi connectivity index (χ1) is 16.6. The molecule has 0 fully saturated rings. The summed E-state index contributed by atoms with van der Waals surface area (Å²) in [6.45, 7) is 5.64. The summed E-state index contributed by atoms with van der Waals surface area (Å²) in [4.78, 5) is 39.0. The van der Waals surface area contributed by atoms with E-state index in [-0.39, 0.29) is 45.6 Å². The number of alkyl halides is 3. The minimum Gasteiger partial charge on any atom is -0.461 e. The van der Waals surface area contributed by atoms with Crippen LogP contribution in [0.25, 0.3) is 16.5 Å². The number of halogens is 3. The van der Waals surface area contributed by atoms with E-state index >= 15 is 0 Å². The zero-order valence-corrected chi connectivity index (χ0v) is 20.4. The van der Waals surface area contributed by atoms with E-state index in [1.54, 1.807) is 6.92 Å². The molecule has 3 rings (SSSR count). The first-order valence-electron chi connectivity index (χ1n) is 11.3. The third-order valence-electron chi connectivity index (χ3n) is 5.44. The number of fused-ring (bicyclic) bond motifs is 1. The Morgan fingerprint density at radius 3 is 2.29 bits per heavy atom. The van der Waals surface area contributed by atoms with Gasteiger partial charge in [-0.3, -0.25) is 9.59 Å². The van der Waals surface area contributed by atoms with E-state index < -0.39 is 23.3 Å². The van der Waals surface area contributed by atoms with Crippen LogP contribution in [0.4, 0.5) is 18.2 Å². The monoisotopic (exact) mass is 509 g/mol. The number of amides is 1. The van der Waals surface area contributed by atoms with Crippen LogP contribution < -0.4 is 10.9 Å². The number of nitrogens with zero attached hydrogens (tertiary/aromatic N) is 2. The quantitative estimate of drug-likeness (QED) is 0.368. The Morgan fingerprint density at radius 2 is 1.74 bits per heavy atom. The van der Waals surface area contributed by atoms with E-state index in [0.717, 1.165) is 53.1 Å². The van der Waals surface area contributed by atoms with E-state index in [1.165, 1.54) is 5.38 Å². The molecule has 1 aromatic carbocycles. The molecule has 0 atom stereocenters. The van der Waals surface area contributed by atoms with Gasteiger partial charge >= 0.3 is 12.1 Å². The summed E-state index contributed by atoms with van der Waals surface area (Å²) in [5.74, 6) is -1.25. The van der Waals surface area contributed by atoms with Gasteiger partial charge in [0.1, 0.15) is 5.00 Å². The molecule has 2 aromatic heterocycles. The third kappa shape index (κ3) is 5.72. The standard InChI is InChI=1S/C24H26F3N3O4S/c1-4-7-14(8-5-2)20(31)28-21-18-17(13-35-21)19(23(33)34-6-3)29-30(22(18)32)16-11-9-15(10-12-16)24(25,26)27/h9-14H,4-8H2,1-3H3,(H,28,31). The van der Waals surface area contributed by atoms with Crippen LogP contribution in [0.15, 0.2) is 34.4 Å². The minimum atomic E-state index is -4.55. The van der Waals surface area contributed by atoms with Crippen molar-refractivity contribution in [3.05, 3.63) is 51.3 Å². The van der Waals surface area contributed by atoms with Crippen molar-refractivity contribution in [2.24, 2.45) is 5.92 Å². The molecule has 0 unspecified atom stereocenters. The third-order valence-corrected chi connectivity index (χ3v) is 6.34. The average Bonchev–Trinajstić information content (AvgIpc) is 3.23. The molecule has 1 amide bonds. The number of ether oxygens (including phenoxy) is 1. The van der Waals surface area contributed by atoms with Crippen LogP contribution in [-0.4, -0.2) is 28.3 Å². The molecule has 0 saturated carbocycles. The summed E-state index contributed by atoms with van der Waals surface area (Å²) in [6.07, 6.45) is -1.53. The summed E-state index contributed by atoms with van der Waals surface area (Å²) < 4.78 is 44.9. The summed E-state index contributed by atoms with van der Waals surface area (Å²) in [5, 5.41) is 8.98. The van der Waals surface area contributed by atoms with E-state index in [0.29, 0.717) is 12.8 Å². The van der Waals surface area contributed by atoms with E-state index in [9.17, 15) is 27.6 Å². The minimum absolute atomic E-state index is 0.0359. The van der Waals surface area contributed by atoms with E-state index in [2.05, 4.69) is 10.4 Å². The molecule has 0 aliphatic heterocycles. The van der Waals surface area contributed by atoms with Crippen LogP contribution >= 0.6 is 11.3 Å². The molecular weight excluding hydrogens is 483 g/mol. The fourth-order valence-electron chi connectivity index (χ4n) is 3.78. The van der Waals surface area contributed by atoms with Gasteiger partial charge in [-0.1, -0.05) is 26.7 Å². The average molecular weight is 510 g/mol. The van der Waals surface area contributed by atoms with Gasteiger partial charge in [-0.15, -0.1) is 11.3 Å². The zero-order valence-electron chi connectivity index (χ0n) is 19.6. The van der Waals surface area contributed by atoms with Crippen LogP contribution in [0, 0.1) is 5.92 Å². The van der Waals surface area contributed by atoms with Gasteiger partial charge < -0.3 is 10.1 Å². The molecule has 2 heterocycles. The molecule has 0 bridgehead atoms. The molecule has 0 radical (unpaired) electrons. The van der Waals surface area contributed by atoms with Crippen molar-refractivity contribution in [3.63, 3.8) is 0 Å². The molecule has 11 heteroatoms. The number of rotatable bonds is 9. The van der Waals surface area contributed by atoms with Crippen LogP contribution in [-0.2, 0) is 15.7 Å². The highest BCUT2D eigenvalue weighted by atomic mass is 32.1. The molecule has 0 aliphatic carbocycles. The molecule has 1 N–H and O–H groups in total. The molecule has 188 valence electrons. The topological polar surface area (TPSA) is 90.3 Å². The number of esters is 1. The summed E-state index contributed by atoms with van der Waals surface area (Å²) >= 11 is 1.08. The van der Waals surface area contributed by atoms with Crippen LogP contribution in [0.5, 0.6) is 0 Å². The predicted octanol–water partition coefficient (Wildman–Crippen LogP) is 5.80. The van der Waals surface area contributed by atoms with Crippen molar-refractivity contribution >= 4 is 39.0 Å². The molecule has 0 spiro atoms. The van der Waals surface area contributed by atoms with Gasteiger partial charge in [0.15, 0.2) is 5.69 Å². The highest BCUT2D eigenvalue weighted by molar-refractivity contribution is 7.16. The molecule has 7 nitrogen and oxygen atoms in total. The van der Waals surface area contributed by atoms with E-state index in [4.69, 9.17) is 4.74 Å². The van der Waals surface area contributed by atoms with Crippen molar-refractivity contribution in [1.82, 2.24) is 9.78 Å². The zero-order chi connectivity index (χ0) is 25.8. The maximum Gasteiger partial charge on any atom is 0.416 e. The number of carbonyl (C=O) groups excluding carboxylic acids is 2. The van der Waals surface area contributed by atoms with Gasteiger partial charge in [0.25, 0.3) is 5.56 Å². The summed E-state index contributed by atoms with van der Waals surface area (Å²) in [6, 6.07) is 3.85. The predicted molar refractivity (Wildman–Crippen MR) is 128 cm³/mol. The number of hydrogen-bond donors (Lipinski definition) is 1. The molecule has 3 aromatic rings. The van der Waals surface area contributed by atoms with Crippen LogP contribution in [0.2, 0.25) is 0 Å². The van der Waals surface area contributed by atoms with Crippen LogP contribution in [0.1, 0.15) is 62.5 Å². The molecule has 0 saturated heterocycles. The maximum atomic E-state index is 13.4. The SMILES string of the molecule is CCCC(CCC)C(=O)Nc1scc2c(C(=O)OCC)nn(-c3ccc(C(F)(F)F)cc3)c(=O)c12. The van der Waals surface area contributed by atoms with Crippen molar-refractivity contribution in [2.45, 2.75) is 52.6 Å². The smallest absolute Gasteiger partial charge is 0.416 e. The Kier molecular flexibility index (Phi) is 8.31. The number of hydrogen-bond acceptors (Lipinski definition) is 6. The highest BCUT2D eigenvalue weighted by Crippen LogP contribution is 2.32. The van der Waals surface area contributed by atoms with Gasteiger partial charge in [-0.2, -0.15) is 23.0 Å². The Bertz CT molecular complexity index is 1260. The van der Waals surface area contributed by atoms with Crippen LogP contribution in [0.3, 0.4) is 0 Å². The number of anilines is 1. The number of thiophene rings is 1. The van der Waals surface area contributed by atoms with Crippen molar-refractivity contribution in [1.29, 1.82) is 0 Å². The lowest BCUT2D eigenvalue weighted by Crippen LogP contribution is -2.27. The Hall–Kier alpha value is -3.21. The fourth-order valence-corrected chi connectivity index (χ4v) is 4.72. The van der Waals surface area contributed by atoms with Gasteiger partial charge in [0, 0.05) is 16.7 Å². The lowest BCUT2D eigenvalue weighted by atomic mass is 9.97. The number of carbonyl (C=O) groups is 2. The fraction of sp³-hybridized carbons (Fsp3) is 0.417. The highest BCUT2D eigenvalue weighted by Gasteiger charge is 2.30. The molecule has 35 heavy (non-hydrogen) atoms. The van der Waals surface area contributed by atoms with E-state index in [1.807, 2.05) is 13.8 Å². The second-order valence-electron chi connectivity index (χ2n) is 7.95. The number of nitrogens with one attached hydrogen (secondary N) is 1. The molecule has 0 aliphatic rings. The van der Waals surface area contributed by atoms with Crippen molar-refractivity contribution in [3.8, 4) is 5.69 Å². The lowest BCUT2D eigenvalue weighted by molar-refractivity contribution is -0.137. The van der Waals surface area contributed by atoms with Gasteiger partial charge in [-0.25, -0.2) is 4.79 Å². The second-order valence-corrected chi connectivity index (χ2v) is 8.83. The maximum absolute atomic E-state index is 13.4. The second kappa shape index (κ2) is 11.0. The number of aromatic nitrogens is 2. The molecular formula is C24H26F3N3O4S. The summed E-state index contributed by atoms with van der Waals surface area (Å²) in [7, 11) is 0. The Balaban J connectivity index is 2.15. The first-order valence-corrected chi connectivity index (χ1v) is 12.2. The van der Waals surface area contributed by atoms with Gasteiger partial charge in [0.2, 0.25) is 5.91 Å². The van der Waals surface area contributed by atoms with Crippen molar-refractivity contribution in [2.75, 3.05) is 11.9 Å². The Morgan fingerprint density at radius 1 is 1.11 bits per heavy atom. The van der Waals surface area contributed by atoms with Crippen molar-refractivity contribution < 1.29 is 27.5 Å². The Labute approximate surface area is 203 Å². The number of benzene rings is 1. The van der Waals surface area contributed by atoms with Gasteiger partial charge in [-0.05, 0) is 44.0 Å². The normalized spacial score (nSPS) is 11.7. The largest absolute Gasteiger partial charge is 0.461 e. The lowest BCUT2D eigenvalue weighted by Gasteiger charge is -2.15. The summed E-state index contributed by atoms with van der Waals surface area (Å²) in [5.41, 5.74) is -1.69.